The minimum atomic E-state index is -0.0286. The molecule has 0 atom stereocenters. The number of hydrogen-bond acceptors (Lipinski definition) is 3. The van der Waals surface area contributed by atoms with Crippen molar-refractivity contribution in [1.82, 2.24) is 0 Å². The van der Waals surface area contributed by atoms with Gasteiger partial charge in [-0.15, -0.1) is 0 Å². The molecule has 0 radical (unpaired) electrons. The summed E-state index contributed by atoms with van der Waals surface area (Å²) in [6.07, 6.45) is 4.03. The van der Waals surface area contributed by atoms with Gasteiger partial charge in [0.1, 0.15) is 5.75 Å². The summed E-state index contributed by atoms with van der Waals surface area (Å²) in [6.45, 7) is 0.521. The minimum absolute atomic E-state index is 0.0286. The first-order chi connectivity index (χ1) is 12.3. The lowest BCUT2D eigenvalue weighted by Crippen LogP contribution is -2.11. The maximum absolute atomic E-state index is 12.1. The van der Waals surface area contributed by atoms with Gasteiger partial charge in [-0.2, -0.15) is 0 Å². The first-order valence-corrected chi connectivity index (χ1v) is 8.42. The predicted molar refractivity (Wildman–Crippen MR) is 98.7 cm³/mol. The van der Waals surface area contributed by atoms with Gasteiger partial charge in [-0.25, -0.2) is 0 Å². The molecular formula is C19H22N4O2. The van der Waals surface area contributed by atoms with Gasteiger partial charge in [-0.3, -0.25) is 4.79 Å². The highest BCUT2D eigenvalue weighted by Gasteiger charge is 2.08. The second kappa shape index (κ2) is 10.7. The zero-order valence-electron chi connectivity index (χ0n) is 14.1. The van der Waals surface area contributed by atoms with Gasteiger partial charge in [0.25, 0.3) is 0 Å². The summed E-state index contributed by atoms with van der Waals surface area (Å²) in [6, 6.07) is 16.9. The Morgan fingerprint density at radius 2 is 1.72 bits per heavy atom. The van der Waals surface area contributed by atoms with E-state index in [1.165, 1.54) is 0 Å². The number of anilines is 1. The Kier molecular flexibility index (Phi) is 7.88. The third kappa shape index (κ3) is 6.97. The van der Waals surface area contributed by atoms with Crippen molar-refractivity contribution in [2.24, 2.45) is 5.11 Å². The molecule has 2 aromatic rings. The molecule has 6 nitrogen and oxygen atoms in total. The Hall–Kier alpha value is -2.98. The summed E-state index contributed by atoms with van der Waals surface area (Å²) >= 11 is 0. The van der Waals surface area contributed by atoms with Gasteiger partial charge in [-0.05, 0) is 42.6 Å². The van der Waals surface area contributed by atoms with Crippen molar-refractivity contribution in [1.29, 1.82) is 0 Å². The maximum Gasteiger partial charge on any atom is 0.224 e. The molecule has 25 heavy (non-hydrogen) atoms. The van der Waals surface area contributed by atoms with Crippen molar-refractivity contribution in [3.8, 4) is 11.5 Å². The molecule has 130 valence electrons. The number of hydrogen-bond donors (Lipinski definition) is 1. The van der Waals surface area contributed by atoms with Crippen LogP contribution in [0.25, 0.3) is 10.4 Å². The molecule has 0 spiro atoms. The first-order valence-electron chi connectivity index (χ1n) is 8.42. The highest BCUT2D eigenvalue weighted by molar-refractivity contribution is 5.92. The predicted octanol–water partition coefficient (Wildman–Crippen LogP) is 5.68. The molecule has 2 rings (SSSR count). The molecule has 0 aromatic heterocycles. The summed E-state index contributed by atoms with van der Waals surface area (Å²) in [5.74, 6) is 1.32. The second-order valence-corrected chi connectivity index (χ2v) is 5.58. The number of carbonyl (C=O) groups is 1. The Balaban J connectivity index is 1.79. The molecule has 2 aromatic carbocycles. The van der Waals surface area contributed by atoms with Crippen LogP contribution in [-0.2, 0) is 4.79 Å². The Labute approximate surface area is 147 Å². The maximum atomic E-state index is 12.1. The molecule has 0 saturated heterocycles. The van der Waals surface area contributed by atoms with Gasteiger partial charge in [0, 0.05) is 17.9 Å². The lowest BCUT2D eigenvalue weighted by atomic mass is 10.1. The second-order valence-electron chi connectivity index (χ2n) is 5.58. The SMILES string of the molecule is [N-]=[N+]=NCCCCCCC(=O)Nc1ccccc1Oc1ccccc1. The highest BCUT2D eigenvalue weighted by Crippen LogP contribution is 2.29. The fourth-order valence-corrected chi connectivity index (χ4v) is 2.35. The molecule has 0 aliphatic carbocycles. The van der Waals surface area contributed by atoms with E-state index < -0.39 is 0 Å². The number of carbonyl (C=O) groups excluding carboxylic acids is 1. The van der Waals surface area contributed by atoms with E-state index in [1.807, 2.05) is 54.6 Å². The molecule has 6 heteroatoms. The van der Waals surface area contributed by atoms with E-state index in [1.54, 1.807) is 0 Å². The first kappa shape index (κ1) is 18.4. The van der Waals surface area contributed by atoms with Crippen LogP contribution in [0, 0.1) is 0 Å². The van der Waals surface area contributed by atoms with Crippen LogP contribution in [0.15, 0.2) is 59.7 Å². The lowest BCUT2D eigenvalue weighted by molar-refractivity contribution is -0.116. The molecule has 1 amide bonds. The number of benzene rings is 2. The molecule has 1 N–H and O–H groups in total. The van der Waals surface area contributed by atoms with Crippen LogP contribution in [0.2, 0.25) is 0 Å². The Morgan fingerprint density at radius 1 is 1.00 bits per heavy atom. The fraction of sp³-hybridized carbons (Fsp3) is 0.316. The van der Waals surface area contributed by atoms with Crippen LogP contribution in [0.4, 0.5) is 5.69 Å². The van der Waals surface area contributed by atoms with E-state index in [4.69, 9.17) is 10.3 Å². The van der Waals surface area contributed by atoms with E-state index >= 15 is 0 Å². The van der Waals surface area contributed by atoms with Gasteiger partial charge in [0.15, 0.2) is 5.75 Å². The van der Waals surface area contributed by atoms with Crippen LogP contribution in [0.1, 0.15) is 32.1 Å². The topological polar surface area (TPSA) is 87.1 Å². The third-order valence-corrected chi connectivity index (χ3v) is 3.61. The number of rotatable bonds is 10. The number of unbranched alkanes of at least 4 members (excludes halogenated alkanes) is 3. The number of para-hydroxylation sites is 3. The molecule has 0 bridgehead atoms. The van der Waals surface area contributed by atoms with Gasteiger partial charge < -0.3 is 10.1 Å². The van der Waals surface area contributed by atoms with Crippen LogP contribution in [0.3, 0.4) is 0 Å². The van der Waals surface area contributed by atoms with E-state index in [2.05, 4.69) is 15.3 Å². The van der Waals surface area contributed by atoms with E-state index in [0.29, 0.717) is 24.4 Å². The fourth-order valence-electron chi connectivity index (χ4n) is 2.35. The molecule has 0 unspecified atom stereocenters. The van der Waals surface area contributed by atoms with Crippen LogP contribution >= 0.6 is 0 Å². The number of azide groups is 1. The molecular weight excluding hydrogens is 316 g/mol. The van der Waals surface area contributed by atoms with Crippen LogP contribution < -0.4 is 10.1 Å². The zero-order valence-corrected chi connectivity index (χ0v) is 14.1. The van der Waals surface area contributed by atoms with Gasteiger partial charge in [0.2, 0.25) is 5.91 Å². The van der Waals surface area contributed by atoms with Gasteiger partial charge in [-0.1, -0.05) is 48.3 Å². The van der Waals surface area contributed by atoms with Crippen molar-refractivity contribution >= 4 is 11.6 Å². The summed E-state index contributed by atoms with van der Waals surface area (Å²) in [7, 11) is 0. The number of nitrogens with zero attached hydrogens (tertiary/aromatic N) is 3. The summed E-state index contributed by atoms with van der Waals surface area (Å²) in [4.78, 5) is 14.8. The quantitative estimate of drug-likeness (QED) is 0.261. The molecule has 0 aliphatic rings. The highest BCUT2D eigenvalue weighted by atomic mass is 16.5. The standard InChI is InChI=1S/C19H22N4O2/c20-23-21-15-9-2-1-6-14-19(24)22-17-12-7-8-13-18(17)25-16-10-4-3-5-11-16/h3-5,7-8,10-13H,1-2,6,9,14-15H2,(H,22,24). The largest absolute Gasteiger partial charge is 0.455 e. The molecule has 0 fully saturated rings. The Morgan fingerprint density at radius 3 is 2.52 bits per heavy atom. The molecule has 0 heterocycles. The summed E-state index contributed by atoms with van der Waals surface area (Å²) in [5.41, 5.74) is 8.86. The number of nitrogens with one attached hydrogen (secondary N) is 1. The van der Waals surface area contributed by atoms with Gasteiger partial charge in [0.05, 0.1) is 5.69 Å². The average molecular weight is 338 g/mol. The van der Waals surface area contributed by atoms with Crippen molar-refractivity contribution in [3.63, 3.8) is 0 Å². The van der Waals surface area contributed by atoms with Crippen molar-refractivity contribution in [3.05, 3.63) is 65.0 Å². The lowest BCUT2D eigenvalue weighted by Gasteiger charge is -2.12. The summed E-state index contributed by atoms with van der Waals surface area (Å²) < 4.78 is 5.84. The van der Waals surface area contributed by atoms with E-state index in [9.17, 15) is 4.79 Å². The molecule has 0 aliphatic heterocycles. The minimum Gasteiger partial charge on any atom is -0.455 e. The van der Waals surface area contributed by atoms with Crippen LogP contribution in [-0.4, -0.2) is 12.5 Å². The van der Waals surface area contributed by atoms with E-state index in [-0.39, 0.29) is 5.91 Å². The van der Waals surface area contributed by atoms with E-state index in [0.717, 1.165) is 31.4 Å². The van der Waals surface area contributed by atoms with Crippen molar-refractivity contribution in [2.75, 3.05) is 11.9 Å². The van der Waals surface area contributed by atoms with Crippen molar-refractivity contribution in [2.45, 2.75) is 32.1 Å². The average Bonchev–Trinajstić information content (AvgIpc) is 2.63. The molecule has 0 saturated carbocycles. The number of amides is 1. The normalized spacial score (nSPS) is 9.92. The zero-order chi connectivity index (χ0) is 17.7. The van der Waals surface area contributed by atoms with Gasteiger partial charge >= 0.3 is 0 Å². The summed E-state index contributed by atoms with van der Waals surface area (Å²) in [5, 5.41) is 6.40. The smallest absolute Gasteiger partial charge is 0.224 e. The Bertz CT molecular complexity index is 712. The number of ether oxygens (including phenoxy) is 1. The monoisotopic (exact) mass is 338 g/mol. The van der Waals surface area contributed by atoms with Crippen molar-refractivity contribution < 1.29 is 9.53 Å². The third-order valence-electron chi connectivity index (χ3n) is 3.61. The van der Waals surface area contributed by atoms with Crippen LogP contribution in [0.5, 0.6) is 11.5 Å².